The smallest absolute Gasteiger partial charge is 0.203 e. The van der Waals surface area contributed by atoms with Crippen molar-refractivity contribution >= 4 is 17.6 Å². The highest BCUT2D eigenvalue weighted by molar-refractivity contribution is 6.14. The number of carbonyl (C=O) groups excluding carboxylic acids is 2. The summed E-state index contributed by atoms with van der Waals surface area (Å²) >= 11 is 0. The molecular formula is C22H14F2N2O2. The fraction of sp³-hybridized carbons (Fsp3) is 0.0455. The van der Waals surface area contributed by atoms with E-state index in [4.69, 9.17) is 0 Å². The summed E-state index contributed by atoms with van der Waals surface area (Å²) in [5.74, 6) is -3.19. The molecule has 1 aromatic heterocycles. The first-order valence-electron chi connectivity index (χ1n) is 8.29. The largest absolute Gasteiger partial charge is 0.350 e. The maximum Gasteiger partial charge on any atom is 0.203 e. The maximum absolute atomic E-state index is 13.9. The molecule has 0 spiro atoms. The molecule has 138 valence electrons. The van der Waals surface area contributed by atoms with Gasteiger partial charge in [-0.05, 0) is 24.3 Å². The van der Waals surface area contributed by atoms with Gasteiger partial charge in [0, 0.05) is 30.1 Å². The molecule has 0 atom stereocenters. The van der Waals surface area contributed by atoms with Crippen LogP contribution in [-0.2, 0) is 7.05 Å². The van der Waals surface area contributed by atoms with E-state index < -0.39 is 28.8 Å². The molecule has 0 N–H and O–H groups in total. The van der Waals surface area contributed by atoms with Crippen LogP contribution in [0, 0.1) is 23.0 Å². The third-order valence-electron chi connectivity index (χ3n) is 4.19. The van der Waals surface area contributed by atoms with Gasteiger partial charge in [0.15, 0.2) is 5.78 Å². The standard InChI is InChI=1S/C22H14F2N2O2/c1-26-13-16(22(28)20-18(23)8-5-9-19(20)24)11-17(26)10-15(12-25)21(27)14-6-3-2-4-7-14/h2-11,13H,1H3/b15-10+. The van der Waals surface area contributed by atoms with E-state index in [1.807, 2.05) is 6.07 Å². The molecule has 1 heterocycles. The molecule has 3 aromatic rings. The molecule has 2 aromatic carbocycles. The van der Waals surface area contributed by atoms with Crippen molar-refractivity contribution in [3.63, 3.8) is 0 Å². The number of hydrogen-bond donors (Lipinski definition) is 0. The number of hydrogen-bond acceptors (Lipinski definition) is 3. The van der Waals surface area contributed by atoms with Gasteiger partial charge in [0.2, 0.25) is 5.78 Å². The quantitative estimate of drug-likeness (QED) is 0.378. The normalized spacial score (nSPS) is 11.1. The van der Waals surface area contributed by atoms with Gasteiger partial charge in [0.05, 0.1) is 5.56 Å². The Balaban J connectivity index is 1.98. The molecule has 0 aliphatic carbocycles. The van der Waals surface area contributed by atoms with Gasteiger partial charge >= 0.3 is 0 Å². The van der Waals surface area contributed by atoms with Gasteiger partial charge in [-0.1, -0.05) is 36.4 Å². The van der Waals surface area contributed by atoms with Crippen LogP contribution >= 0.6 is 0 Å². The molecule has 3 rings (SSSR count). The number of rotatable bonds is 5. The summed E-state index contributed by atoms with van der Waals surface area (Å²) in [6.07, 6.45) is 2.73. The summed E-state index contributed by atoms with van der Waals surface area (Å²) < 4.78 is 29.3. The zero-order valence-electron chi connectivity index (χ0n) is 14.8. The highest BCUT2D eigenvalue weighted by atomic mass is 19.1. The minimum atomic E-state index is -0.956. The zero-order valence-corrected chi connectivity index (χ0v) is 14.8. The van der Waals surface area contributed by atoms with Crippen LogP contribution in [0.5, 0.6) is 0 Å². The topological polar surface area (TPSA) is 62.9 Å². The average molecular weight is 376 g/mol. The summed E-state index contributed by atoms with van der Waals surface area (Å²) in [4.78, 5) is 25.0. The number of nitriles is 1. The van der Waals surface area contributed by atoms with Crippen LogP contribution < -0.4 is 0 Å². The lowest BCUT2D eigenvalue weighted by atomic mass is 10.0. The zero-order chi connectivity index (χ0) is 20.3. The van der Waals surface area contributed by atoms with Crippen molar-refractivity contribution < 1.29 is 18.4 Å². The van der Waals surface area contributed by atoms with E-state index in [2.05, 4.69) is 0 Å². The minimum Gasteiger partial charge on any atom is -0.350 e. The first-order chi connectivity index (χ1) is 13.4. The second-order valence-electron chi connectivity index (χ2n) is 6.06. The van der Waals surface area contributed by atoms with E-state index in [-0.39, 0.29) is 11.1 Å². The molecule has 0 unspecified atom stereocenters. The van der Waals surface area contributed by atoms with Crippen molar-refractivity contribution in [1.29, 1.82) is 5.26 Å². The molecule has 0 aliphatic heterocycles. The molecule has 28 heavy (non-hydrogen) atoms. The molecular weight excluding hydrogens is 362 g/mol. The maximum atomic E-state index is 13.9. The van der Waals surface area contributed by atoms with Gasteiger partial charge in [-0.2, -0.15) is 5.26 Å². The predicted octanol–water partition coefficient (Wildman–Crippen LogP) is 4.32. The monoisotopic (exact) mass is 376 g/mol. The Morgan fingerprint density at radius 2 is 1.64 bits per heavy atom. The Kier molecular flexibility index (Phi) is 5.28. The number of nitrogens with zero attached hydrogens (tertiary/aromatic N) is 2. The number of Topliss-reactive ketones (excluding diaryl/α,β-unsaturated/α-hetero) is 1. The molecule has 0 aliphatic rings. The number of ketones is 2. The van der Waals surface area contributed by atoms with Crippen LogP contribution in [0.15, 0.2) is 66.4 Å². The third kappa shape index (κ3) is 3.64. The molecule has 0 saturated carbocycles. The first kappa shape index (κ1) is 18.9. The lowest BCUT2D eigenvalue weighted by Crippen LogP contribution is -2.06. The van der Waals surface area contributed by atoms with Crippen LogP contribution in [-0.4, -0.2) is 16.1 Å². The first-order valence-corrected chi connectivity index (χ1v) is 8.29. The third-order valence-corrected chi connectivity index (χ3v) is 4.19. The second-order valence-corrected chi connectivity index (χ2v) is 6.06. The van der Waals surface area contributed by atoms with Gasteiger partial charge in [0.25, 0.3) is 0 Å². The van der Waals surface area contributed by atoms with Gasteiger partial charge in [0.1, 0.15) is 23.3 Å². The van der Waals surface area contributed by atoms with Crippen LogP contribution in [0.4, 0.5) is 8.78 Å². The van der Waals surface area contributed by atoms with Gasteiger partial charge < -0.3 is 4.57 Å². The molecule has 0 bridgehead atoms. The van der Waals surface area contributed by atoms with E-state index in [0.717, 1.165) is 12.1 Å². The molecule has 0 amide bonds. The van der Waals surface area contributed by atoms with Crippen LogP contribution in [0.2, 0.25) is 0 Å². The Labute approximate surface area is 160 Å². The Morgan fingerprint density at radius 3 is 2.25 bits per heavy atom. The molecule has 0 radical (unpaired) electrons. The highest BCUT2D eigenvalue weighted by Crippen LogP contribution is 2.20. The number of aromatic nitrogens is 1. The van der Waals surface area contributed by atoms with E-state index >= 15 is 0 Å². The lowest BCUT2D eigenvalue weighted by Gasteiger charge is -2.01. The number of benzene rings is 2. The Morgan fingerprint density at radius 1 is 1.00 bits per heavy atom. The summed E-state index contributed by atoms with van der Waals surface area (Å²) in [5.41, 5.74) is 0.00494. The van der Waals surface area contributed by atoms with Crippen molar-refractivity contribution in [2.24, 2.45) is 7.05 Å². The SMILES string of the molecule is Cn1cc(C(=O)c2c(F)cccc2F)cc1/C=C(\C#N)C(=O)c1ccccc1. The van der Waals surface area contributed by atoms with Gasteiger partial charge in [-0.25, -0.2) is 8.78 Å². The summed E-state index contributed by atoms with van der Waals surface area (Å²) in [6, 6.07) is 14.7. The summed E-state index contributed by atoms with van der Waals surface area (Å²) in [5, 5.41) is 9.36. The molecule has 6 heteroatoms. The highest BCUT2D eigenvalue weighted by Gasteiger charge is 2.21. The lowest BCUT2D eigenvalue weighted by molar-refractivity contribution is 0.102. The van der Waals surface area contributed by atoms with Gasteiger partial charge in [-0.3, -0.25) is 9.59 Å². The summed E-state index contributed by atoms with van der Waals surface area (Å²) in [7, 11) is 1.60. The van der Waals surface area contributed by atoms with E-state index in [1.165, 1.54) is 29.0 Å². The molecule has 0 fully saturated rings. The van der Waals surface area contributed by atoms with E-state index in [1.54, 1.807) is 37.4 Å². The van der Waals surface area contributed by atoms with Crippen LogP contribution in [0.25, 0.3) is 6.08 Å². The number of carbonyl (C=O) groups is 2. The van der Waals surface area contributed by atoms with E-state index in [9.17, 15) is 23.6 Å². The van der Waals surface area contributed by atoms with Crippen LogP contribution in [0.3, 0.4) is 0 Å². The second kappa shape index (κ2) is 7.80. The fourth-order valence-corrected chi connectivity index (χ4v) is 2.75. The Bertz CT molecular complexity index is 1120. The van der Waals surface area contributed by atoms with Crippen molar-refractivity contribution in [1.82, 2.24) is 4.57 Å². The van der Waals surface area contributed by atoms with Crippen molar-refractivity contribution in [2.45, 2.75) is 0 Å². The molecule has 0 saturated heterocycles. The van der Waals surface area contributed by atoms with Crippen molar-refractivity contribution in [3.8, 4) is 6.07 Å². The Hall–Kier alpha value is -3.85. The number of aryl methyl sites for hydroxylation is 1. The fourth-order valence-electron chi connectivity index (χ4n) is 2.75. The number of halogens is 2. The summed E-state index contributed by atoms with van der Waals surface area (Å²) in [6.45, 7) is 0. The predicted molar refractivity (Wildman–Crippen MR) is 99.6 cm³/mol. The number of allylic oxidation sites excluding steroid dienone is 1. The van der Waals surface area contributed by atoms with Crippen molar-refractivity contribution in [2.75, 3.05) is 0 Å². The minimum absolute atomic E-state index is 0.0437. The van der Waals surface area contributed by atoms with Crippen LogP contribution in [0.1, 0.15) is 32.0 Å². The van der Waals surface area contributed by atoms with Gasteiger partial charge in [-0.15, -0.1) is 0 Å². The molecule has 4 nitrogen and oxygen atoms in total. The van der Waals surface area contributed by atoms with Crippen molar-refractivity contribution in [3.05, 3.63) is 100 Å². The van der Waals surface area contributed by atoms with E-state index in [0.29, 0.717) is 11.3 Å². The average Bonchev–Trinajstić information content (AvgIpc) is 3.06.